The summed E-state index contributed by atoms with van der Waals surface area (Å²) < 4.78 is 6.45. The Bertz CT molecular complexity index is 735. The van der Waals surface area contributed by atoms with Crippen LogP contribution in [0.3, 0.4) is 0 Å². The van der Waals surface area contributed by atoms with Crippen molar-refractivity contribution in [1.82, 2.24) is 5.32 Å². The van der Waals surface area contributed by atoms with Gasteiger partial charge in [0, 0.05) is 5.92 Å². The average Bonchev–Trinajstić information content (AvgIpc) is 3.15. The van der Waals surface area contributed by atoms with E-state index in [1.165, 1.54) is 25.7 Å². The van der Waals surface area contributed by atoms with Gasteiger partial charge >= 0.3 is 5.97 Å². The summed E-state index contributed by atoms with van der Waals surface area (Å²) in [7, 11) is 1.86. The number of hydrogen-bond donors (Lipinski definition) is 2. The van der Waals surface area contributed by atoms with Gasteiger partial charge in [0.25, 0.3) is 0 Å². The highest BCUT2D eigenvalue weighted by atomic mass is 16.5. The van der Waals surface area contributed by atoms with Crippen LogP contribution in [-0.2, 0) is 9.53 Å². The van der Waals surface area contributed by atoms with Gasteiger partial charge in [-0.1, -0.05) is 40.0 Å². The minimum atomic E-state index is -0.515. The number of fused-ring (bicyclic) bond motifs is 5. The molecule has 0 radical (unpaired) electrons. The van der Waals surface area contributed by atoms with E-state index < -0.39 is 6.10 Å². The number of likely N-dealkylation sites (N-methyl/N-ethyl adjacent to an activating group) is 1. The number of esters is 1. The molecular formula is C27H44N2O3. The van der Waals surface area contributed by atoms with Crippen molar-refractivity contribution < 1.29 is 14.6 Å². The Labute approximate surface area is 194 Å². The highest BCUT2D eigenvalue weighted by Gasteiger charge is 2.63. The lowest BCUT2D eigenvalue weighted by Gasteiger charge is -2.62. The zero-order valence-corrected chi connectivity index (χ0v) is 20.6. The van der Waals surface area contributed by atoms with Gasteiger partial charge in [-0.3, -0.25) is 4.79 Å². The lowest BCUT2D eigenvalue weighted by molar-refractivity contribution is -0.200. The van der Waals surface area contributed by atoms with Gasteiger partial charge in [-0.2, -0.15) is 5.26 Å². The van der Waals surface area contributed by atoms with Gasteiger partial charge in [0.05, 0.1) is 18.1 Å². The normalized spacial score (nSPS) is 46.3. The molecular weight excluding hydrogens is 400 g/mol. The quantitative estimate of drug-likeness (QED) is 0.574. The minimum Gasteiger partial charge on any atom is -0.461 e. The molecule has 0 bridgehead atoms. The molecule has 0 spiro atoms. The number of nitrogens with zero attached hydrogens (tertiary/aromatic N) is 1. The van der Waals surface area contributed by atoms with Crippen LogP contribution < -0.4 is 5.32 Å². The van der Waals surface area contributed by atoms with Crippen molar-refractivity contribution in [2.24, 2.45) is 40.4 Å². The average molecular weight is 445 g/mol. The second-order valence-corrected chi connectivity index (χ2v) is 12.0. The second-order valence-electron chi connectivity index (χ2n) is 12.0. The Balaban J connectivity index is 1.65. The molecule has 10 atom stereocenters. The summed E-state index contributed by atoms with van der Waals surface area (Å²) in [5.41, 5.74) is 0.215. The highest BCUT2D eigenvalue weighted by molar-refractivity contribution is 5.76. The van der Waals surface area contributed by atoms with E-state index >= 15 is 0 Å². The van der Waals surface area contributed by atoms with Crippen molar-refractivity contribution in [3.8, 4) is 6.07 Å². The van der Waals surface area contributed by atoms with E-state index in [1.807, 2.05) is 7.05 Å². The number of aliphatic hydroxyl groups is 1. The third-order valence-corrected chi connectivity index (χ3v) is 10.3. The van der Waals surface area contributed by atoms with E-state index in [0.717, 1.165) is 44.9 Å². The largest absolute Gasteiger partial charge is 0.461 e. The molecule has 5 unspecified atom stereocenters. The Morgan fingerprint density at radius 3 is 2.75 bits per heavy atom. The van der Waals surface area contributed by atoms with Crippen LogP contribution in [0, 0.1) is 51.8 Å². The number of carbonyl (C=O) groups excluding carboxylic acids is 1. The predicted molar refractivity (Wildman–Crippen MR) is 124 cm³/mol. The van der Waals surface area contributed by atoms with E-state index in [1.54, 1.807) is 0 Å². The van der Waals surface area contributed by atoms with Gasteiger partial charge in [0.2, 0.25) is 0 Å². The van der Waals surface area contributed by atoms with Crippen LogP contribution in [0.1, 0.15) is 91.4 Å². The standard InChI is InChI=1S/C27H44N2O3/c1-5-6-9-21(29-4)25(31)32-23-15-26(2)12-7-8-20(26)19-11-10-18-13-22(30)17(16-28)14-27(18,3)24(19)23/h17-24,29-30H,5-15H2,1-4H3/t17?,18?,19-,20-,21?,22?,23?,24-,26-,27-/m0/s1. The minimum absolute atomic E-state index is 0.0457. The highest BCUT2D eigenvalue weighted by Crippen LogP contribution is 2.67. The van der Waals surface area contributed by atoms with E-state index in [0.29, 0.717) is 23.7 Å². The Hall–Kier alpha value is -1.12. The van der Waals surface area contributed by atoms with Crippen LogP contribution in [0.5, 0.6) is 0 Å². The monoisotopic (exact) mass is 444 g/mol. The van der Waals surface area contributed by atoms with Crippen LogP contribution in [0.15, 0.2) is 0 Å². The molecule has 0 aliphatic heterocycles. The summed E-state index contributed by atoms with van der Waals surface area (Å²) in [6.07, 6.45) is 10.8. The van der Waals surface area contributed by atoms with Crippen molar-refractivity contribution in [3.63, 3.8) is 0 Å². The van der Waals surface area contributed by atoms with E-state index in [4.69, 9.17) is 4.74 Å². The van der Waals surface area contributed by atoms with E-state index in [9.17, 15) is 15.2 Å². The van der Waals surface area contributed by atoms with Crippen LogP contribution in [0.25, 0.3) is 0 Å². The lowest BCUT2D eigenvalue weighted by Crippen LogP contribution is -2.60. The summed E-state index contributed by atoms with van der Waals surface area (Å²) >= 11 is 0. The molecule has 2 N–H and O–H groups in total. The Kier molecular flexibility index (Phi) is 6.95. The molecule has 5 nitrogen and oxygen atoms in total. The molecule has 0 amide bonds. The molecule has 0 heterocycles. The first kappa shape index (κ1) is 24.0. The van der Waals surface area contributed by atoms with E-state index in [-0.39, 0.29) is 34.9 Å². The molecule has 5 heteroatoms. The summed E-state index contributed by atoms with van der Waals surface area (Å²) in [4.78, 5) is 13.3. The van der Waals surface area contributed by atoms with Gasteiger partial charge in [0.15, 0.2) is 0 Å². The number of aliphatic hydroxyl groups excluding tert-OH is 1. The van der Waals surface area contributed by atoms with Crippen LogP contribution in [0.2, 0.25) is 0 Å². The Morgan fingerprint density at radius 2 is 2.06 bits per heavy atom. The molecule has 4 aliphatic rings. The molecule has 0 aromatic rings. The summed E-state index contributed by atoms with van der Waals surface area (Å²) in [5.74, 6) is 1.58. The van der Waals surface area contributed by atoms with Crippen molar-refractivity contribution >= 4 is 5.97 Å². The van der Waals surface area contributed by atoms with Crippen LogP contribution in [0.4, 0.5) is 0 Å². The summed E-state index contributed by atoms with van der Waals surface area (Å²) in [6.45, 7) is 6.94. The zero-order valence-electron chi connectivity index (χ0n) is 20.6. The third kappa shape index (κ3) is 4.00. The van der Waals surface area contributed by atoms with Crippen LogP contribution >= 0.6 is 0 Å². The van der Waals surface area contributed by atoms with Crippen molar-refractivity contribution in [2.75, 3.05) is 7.05 Å². The van der Waals surface area contributed by atoms with Gasteiger partial charge in [0.1, 0.15) is 12.1 Å². The number of hydrogen-bond acceptors (Lipinski definition) is 5. The number of unbranched alkanes of at least 4 members (excludes halogenated alkanes) is 1. The van der Waals surface area contributed by atoms with E-state index in [2.05, 4.69) is 32.2 Å². The maximum atomic E-state index is 13.3. The maximum Gasteiger partial charge on any atom is 0.323 e. The first-order valence-corrected chi connectivity index (χ1v) is 13.2. The SMILES string of the molecule is CCCCC(NC)C(=O)OC1C[C@]2(C)CCC[C@H]2[C@@H]2CCC3CC(O)C(C#N)C[C@]3(C)[C@H]12. The molecule has 32 heavy (non-hydrogen) atoms. The fraction of sp³-hybridized carbons (Fsp3) is 0.926. The molecule has 4 rings (SSSR count). The first-order chi connectivity index (χ1) is 15.3. The van der Waals surface area contributed by atoms with Gasteiger partial charge in [-0.05, 0) is 87.0 Å². The number of ether oxygens (including phenoxy) is 1. The summed E-state index contributed by atoms with van der Waals surface area (Å²) in [5, 5.41) is 23.5. The molecule has 0 aromatic carbocycles. The van der Waals surface area contributed by atoms with Gasteiger partial charge in [-0.25, -0.2) is 0 Å². The van der Waals surface area contributed by atoms with Crippen molar-refractivity contribution in [1.29, 1.82) is 5.26 Å². The van der Waals surface area contributed by atoms with Crippen molar-refractivity contribution in [3.05, 3.63) is 0 Å². The number of carbonyl (C=O) groups is 1. The smallest absolute Gasteiger partial charge is 0.323 e. The maximum absolute atomic E-state index is 13.3. The number of nitriles is 1. The molecule has 0 aromatic heterocycles. The fourth-order valence-electron chi connectivity index (χ4n) is 8.67. The lowest BCUT2D eigenvalue weighted by atomic mass is 9.43. The number of rotatable bonds is 6. The fourth-order valence-corrected chi connectivity index (χ4v) is 8.67. The molecule has 4 aliphatic carbocycles. The topological polar surface area (TPSA) is 82.3 Å². The van der Waals surface area contributed by atoms with Gasteiger partial charge < -0.3 is 15.2 Å². The molecule has 4 fully saturated rings. The second kappa shape index (κ2) is 9.26. The molecule has 0 saturated heterocycles. The van der Waals surface area contributed by atoms with Crippen LogP contribution in [-0.4, -0.2) is 36.4 Å². The first-order valence-electron chi connectivity index (χ1n) is 13.2. The zero-order chi connectivity index (χ0) is 23.1. The predicted octanol–water partition coefficient (Wildman–Crippen LogP) is 4.83. The Morgan fingerprint density at radius 1 is 1.28 bits per heavy atom. The summed E-state index contributed by atoms with van der Waals surface area (Å²) in [6, 6.07) is 2.16. The van der Waals surface area contributed by atoms with Crippen molar-refractivity contribution in [2.45, 2.75) is 110 Å². The molecule has 180 valence electrons. The number of nitrogens with one attached hydrogen (secondary N) is 1. The third-order valence-electron chi connectivity index (χ3n) is 10.3. The molecule has 4 saturated carbocycles. The van der Waals surface area contributed by atoms with Gasteiger partial charge in [-0.15, -0.1) is 0 Å².